The van der Waals surface area contributed by atoms with Gasteiger partial charge >= 0.3 is 0 Å². The van der Waals surface area contributed by atoms with Gasteiger partial charge in [0.25, 0.3) is 11.5 Å². The molecule has 3 aromatic rings. The van der Waals surface area contributed by atoms with E-state index in [2.05, 4.69) is 24.5 Å². The molecular weight excluding hydrogens is 409 g/mol. The molecule has 2 amide bonds. The summed E-state index contributed by atoms with van der Waals surface area (Å²) in [6, 6.07) is 15.8. The van der Waals surface area contributed by atoms with Gasteiger partial charge in [0.1, 0.15) is 12.4 Å². The molecule has 0 bridgehead atoms. The first-order chi connectivity index (χ1) is 15.2. The standard InChI is InChI=1S/C25H26FN3O3/c1-16(2)18-4-6-19(7-5-18)17(3)27-23(30)15-29-14-20(8-13-24(29)31)25(32)28-22-11-9-21(26)10-12-22/h4-14,16-17H,15H2,1-3H3,(H,27,30)(H,28,32). The molecular formula is C25H26FN3O3. The molecule has 7 heteroatoms. The second-order valence-corrected chi connectivity index (χ2v) is 7.96. The molecule has 1 heterocycles. The summed E-state index contributed by atoms with van der Waals surface area (Å²) in [7, 11) is 0. The average Bonchev–Trinajstić information content (AvgIpc) is 2.76. The molecule has 166 valence electrons. The zero-order valence-electron chi connectivity index (χ0n) is 18.3. The maximum absolute atomic E-state index is 13.0. The normalized spacial score (nSPS) is 11.8. The number of hydrogen-bond acceptors (Lipinski definition) is 3. The van der Waals surface area contributed by atoms with Crippen LogP contribution in [0.4, 0.5) is 10.1 Å². The number of carbonyl (C=O) groups excluding carboxylic acids is 2. The largest absolute Gasteiger partial charge is 0.348 e. The fourth-order valence-corrected chi connectivity index (χ4v) is 3.22. The molecule has 0 aliphatic heterocycles. The molecule has 3 rings (SSSR count). The van der Waals surface area contributed by atoms with Gasteiger partial charge in [-0.3, -0.25) is 14.4 Å². The highest BCUT2D eigenvalue weighted by Gasteiger charge is 2.13. The Kier molecular flexibility index (Phi) is 7.20. The van der Waals surface area contributed by atoms with E-state index in [0.29, 0.717) is 11.6 Å². The fraction of sp³-hybridized carbons (Fsp3) is 0.240. The molecule has 0 spiro atoms. The summed E-state index contributed by atoms with van der Waals surface area (Å²) >= 11 is 0. The zero-order valence-corrected chi connectivity index (χ0v) is 18.3. The molecule has 0 aliphatic carbocycles. The third-order valence-corrected chi connectivity index (χ3v) is 5.14. The van der Waals surface area contributed by atoms with Crippen molar-refractivity contribution in [2.75, 3.05) is 5.32 Å². The molecule has 32 heavy (non-hydrogen) atoms. The van der Waals surface area contributed by atoms with E-state index in [-0.39, 0.29) is 24.1 Å². The first-order valence-electron chi connectivity index (χ1n) is 10.4. The summed E-state index contributed by atoms with van der Waals surface area (Å²) in [5.41, 5.74) is 2.41. The molecule has 6 nitrogen and oxygen atoms in total. The maximum atomic E-state index is 13.0. The van der Waals surface area contributed by atoms with Gasteiger partial charge in [0.15, 0.2) is 0 Å². The SMILES string of the molecule is CC(C)c1ccc(C(C)NC(=O)Cn2cc(C(=O)Nc3ccc(F)cc3)ccc2=O)cc1. The molecule has 0 fully saturated rings. The van der Waals surface area contributed by atoms with Crippen LogP contribution in [0, 0.1) is 5.82 Å². The topological polar surface area (TPSA) is 80.2 Å². The van der Waals surface area contributed by atoms with E-state index in [1.54, 1.807) is 0 Å². The Morgan fingerprint density at radius 2 is 1.53 bits per heavy atom. The summed E-state index contributed by atoms with van der Waals surface area (Å²) in [6.45, 7) is 5.89. The van der Waals surface area contributed by atoms with Gasteiger partial charge in [0.2, 0.25) is 5.91 Å². The highest BCUT2D eigenvalue weighted by molar-refractivity contribution is 6.04. The van der Waals surface area contributed by atoms with Gasteiger partial charge in [-0.1, -0.05) is 38.1 Å². The number of carbonyl (C=O) groups is 2. The number of nitrogens with one attached hydrogen (secondary N) is 2. The Hall–Kier alpha value is -3.74. The van der Waals surface area contributed by atoms with Crippen molar-refractivity contribution in [3.05, 3.63) is 99.7 Å². The van der Waals surface area contributed by atoms with Crippen LogP contribution in [-0.2, 0) is 11.3 Å². The van der Waals surface area contributed by atoms with Crippen molar-refractivity contribution in [2.24, 2.45) is 0 Å². The van der Waals surface area contributed by atoms with Crippen LogP contribution in [0.5, 0.6) is 0 Å². The maximum Gasteiger partial charge on any atom is 0.257 e. The van der Waals surface area contributed by atoms with Gasteiger partial charge in [-0.25, -0.2) is 4.39 Å². The molecule has 1 unspecified atom stereocenters. The molecule has 0 saturated carbocycles. The molecule has 0 aliphatic rings. The Labute approximate surface area is 186 Å². The minimum atomic E-state index is -0.468. The van der Waals surface area contributed by atoms with Gasteiger partial charge in [0.05, 0.1) is 11.6 Å². The van der Waals surface area contributed by atoms with Crippen molar-refractivity contribution >= 4 is 17.5 Å². The molecule has 2 N–H and O–H groups in total. The van der Waals surface area contributed by atoms with E-state index in [0.717, 1.165) is 5.56 Å². The first-order valence-corrected chi connectivity index (χ1v) is 10.4. The number of benzene rings is 2. The third kappa shape index (κ3) is 5.91. The number of pyridine rings is 1. The number of amides is 2. The Morgan fingerprint density at radius 3 is 2.16 bits per heavy atom. The summed E-state index contributed by atoms with van der Waals surface area (Å²) in [4.78, 5) is 37.2. The van der Waals surface area contributed by atoms with Crippen molar-refractivity contribution in [1.82, 2.24) is 9.88 Å². The van der Waals surface area contributed by atoms with E-state index in [1.165, 1.54) is 52.7 Å². The number of halogens is 1. The highest BCUT2D eigenvalue weighted by atomic mass is 19.1. The van der Waals surface area contributed by atoms with Gasteiger partial charge < -0.3 is 15.2 Å². The van der Waals surface area contributed by atoms with Crippen molar-refractivity contribution in [3.63, 3.8) is 0 Å². The van der Waals surface area contributed by atoms with Gasteiger partial charge in [-0.05, 0) is 54.3 Å². The lowest BCUT2D eigenvalue weighted by molar-refractivity contribution is -0.122. The Morgan fingerprint density at radius 1 is 0.906 bits per heavy atom. The number of aromatic nitrogens is 1. The van der Waals surface area contributed by atoms with Crippen LogP contribution >= 0.6 is 0 Å². The van der Waals surface area contributed by atoms with Crippen LogP contribution in [0.15, 0.2) is 71.7 Å². The Bertz CT molecular complexity index is 1150. The number of hydrogen-bond donors (Lipinski definition) is 2. The van der Waals surface area contributed by atoms with Crippen molar-refractivity contribution in [1.29, 1.82) is 0 Å². The van der Waals surface area contributed by atoms with Crippen molar-refractivity contribution in [2.45, 2.75) is 39.3 Å². The van der Waals surface area contributed by atoms with E-state index in [9.17, 15) is 18.8 Å². The minimum absolute atomic E-state index is 0.207. The van der Waals surface area contributed by atoms with E-state index in [4.69, 9.17) is 0 Å². The highest BCUT2D eigenvalue weighted by Crippen LogP contribution is 2.18. The quantitative estimate of drug-likeness (QED) is 0.583. The lowest BCUT2D eigenvalue weighted by Crippen LogP contribution is -2.34. The van der Waals surface area contributed by atoms with Crippen LogP contribution in [0.1, 0.15) is 54.2 Å². The smallest absolute Gasteiger partial charge is 0.257 e. The van der Waals surface area contributed by atoms with E-state index in [1.807, 2.05) is 31.2 Å². The second kappa shape index (κ2) is 10.0. The van der Waals surface area contributed by atoms with E-state index >= 15 is 0 Å². The summed E-state index contributed by atoms with van der Waals surface area (Å²) in [6.07, 6.45) is 1.34. The predicted octanol–water partition coefficient (Wildman–Crippen LogP) is 4.24. The minimum Gasteiger partial charge on any atom is -0.348 e. The number of nitrogens with zero attached hydrogens (tertiary/aromatic N) is 1. The Balaban J connectivity index is 1.65. The number of rotatable bonds is 7. The fourth-order valence-electron chi connectivity index (χ4n) is 3.22. The van der Waals surface area contributed by atoms with Gasteiger partial charge in [-0.15, -0.1) is 0 Å². The van der Waals surface area contributed by atoms with Crippen molar-refractivity contribution in [3.8, 4) is 0 Å². The van der Waals surface area contributed by atoms with Crippen LogP contribution in [0.3, 0.4) is 0 Å². The monoisotopic (exact) mass is 435 g/mol. The van der Waals surface area contributed by atoms with E-state index < -0.39 is 17.3 Å². The second-order valence-electron chi connectivity index (χ2n) is 7.96. The average molecular weight is 435 g/mol. The van der Waals surface area contributed by atoms with Crippen LogP contribution in [0.25, 0.3) is 0 Å². The van der Waals surface area contributed by atoms with Gasteiger partial charge in [-0.2, -0.15) is 0 Å². The molecule has 1 aromatic heterocycles. The summed E-state index contributed by atoms with van der Waals surface area (Å²) in [5.74, 6) is -0.797. The summed E-state index contributed by atoms with van der Waals surface area (Å²) < 4.78 is 14.2. The zero-order chi connectivity index (χ0) is 23.3. The molecule has 0 saturated heterocycles. The van der Waals surface area contributed by atoms with Crippen LogP contribution in [0.2, 0.25) is 0 Å². The molecule has 1 atom stereocenters. The molecule has 0 radical (unpaired) electrons. The van der Waals surface area contributed by atoms with Gasteiger partial charge in [0, 0.05) is 18.0 Å². The predicted molar refractivity (Wildman–Crippen MR) is 122 cm³/mol. The van der Waals surface area contributed by atoms with Crippen LogP contribution in [-0.4, -0.2) is 16.4 Å². The number of anilines is 1. The summed E-state index contributed by atoms with van der Waals surface area (Å²) in [5, 5.41) is 5.51. The van der Waals surface area contributed by atoms with Crippen LogP contribution < -0.4 is 16.2 Å². The molecule has 2 aromatic carbocycles. The lowest BCUT2D eigenvalue weighted by Gasteiger charge is -2.16. The third-order valence-electron chi connectivity index (χ3n) is 5.14. The van der Waals surface area contributed by atoms with Crippen molar-refractivity contribution < 1.29 is 14.0 Å². The first kappa shape index (κ1) is 22.9. The lowest BCUT2D eigenvalue weighted by atomic mass is 9.99.